The summed E-state index contributed by atoms with van der Waals surface area (Å²) < 4.78 is 35.9. The topological polar surface area (TPSA) is 115 Å². The van der Waals surface area contributed by atoms with E-state index in [9.17, 15) is 19.0 Å². The average Bonchev–Trinajstić information content (AvgIpc) is 3.75. The van der Waals surface area contributed by atoms with Gasteiger partial charge < -0.3 is 19.7 Å². The molecule has 0 aliphatic carbocycles. The zero-order valence-corrected chi connectivity index (χ0v) is 27.4. The van der Waals surface area contributed by atoms with Gasteiger partial charge in [0, 0.05) is 34.3 Å². The van der Waals surface area contributed by atoms with Gasteiger partial charge in [-0.15, -0.1) is 22.7 Å². The molecule has 1 radical (unpaired) electrons. The molecule has 0 bridgehead atoms. The van der Waals surface area contributed by atoms with E-state index in [0.29, 0.717) is 21.4 Å². The number of hydrogen-bond donors (Lipinski definition) is 0. The van der Waals surface area contributed by atoms with E-state index in [1.165, 1.54) is 73.6 Å². The van der Waals surface area contributed by atoms with Gasteiger partial charge in [-0.1, -0.05) is 35.8 Å². The third-order valence-electron chi connectivity index (χ3n) is 6.35. The number of rotatable bonds is 8. The van der Waals surface area contributed by atoms with Crippen molar-refractivity contribution in [3.05, 3.63) is 118 Å². The summed E-state index contributed by atoms with van der Waals surface area (Å²) in [5.74, 6) is -0.449. The van der Waals surface area contributed by atoms with Crippen molar-refractivity contribution in [3.8, 4) is 45.5 Å². The number of para-hydroxylation sites is 2. The van der Waals surface area contributed by atoms with Crippen LogP contribution in [0.15, 0.2) is 106 Å². The monoisotopic (exact) mass is 713 g/mol. The van der Waals surface area contributed by atoms with Crippen molar-refractivity contribution < 1.29 is 45.2 Å². The van der Waals surface area contributed by atoms with Crippen LogP contribution in [-0.2, 0) is 16.8 Å². The number of ether oxygens (including phenoxy) is 2. The van der Waals surface area contributed by atoms with Crippen LogP contribution in [0.1, 0.15) is 11.1 Å². The van der Waals surface area contributed by atoms with Crippen LogP contribution in [0, 0.1) is 11.6 Å². The first kappa shape index (κ1) is 34.9. The van der Waals surface area contributed by atoms with Gasteiger partial charge in [-0.25, -0.2) is 28.7 Å². The van der Waals surface area contributed by atoms with E-state index in [2.05, 4.69) is 20.0 Å². The molecule has 0 saturated carbocycles. The fraction of sp³-hybridized carbons (Fsp3) is 0.0588. The van der Waals surface area contributed by atoms with Crippen LogP contribution >= 0.6 is 22.7 Å². The Morgan fingerprint density at radius 3 is 1.36 bits per heavy atom. The van der Waals surface area contributed by atoms with E-state index in [1.807, 2.05) is 10.8 Å². The molecule has 6 rings (SSSR count). The van der Waals surface area contributed by atoms with Crippen molar-refractivity contribution in [1.82, 2.24) is 9.97 Å². The molecule has 8 nitrogen and oxygen atoms in total. The Balaban J connectivity index is 0.000000208. The van der Waals surface area contributed by atoms with Gasteiger partial charge in [0.2, 0.25) is 10.3 Å². The Hall–Kier alpha value is -4.95. The number of aromatic nitrogens is 2. The number of thiazole rings is 2. The maximum atomic E-state index is 12.9. The summed E-state index contributed by atoms with van der Waals surface area (Å²) in [6.07, 6.45) is 2.94. The smallest absolute Gasteiger partial charge is 0.870 e. The molecule has 239 valence electrons. The van der Waals surface area contributed by atoms with Gasteiger partial charge in [0.25, 0.3) is 0 Å². The average molecular weight is 714 g/mol. The Morgan fingerprint density at radius 1 is 0.617 bits per heavy atom. The minimum Gasteiger partial charge on any atom is -0.870 e. The van der Waals surface area contributed by atoms with Crippen molar-refractivity contribution in [2.24, 2.45) is 9.98 Å². The molecule has 0 saturated heterocycles. The van der Waals surface area contributed by atoms with Crippen LogP contribution in [0.3, 0.4) is 0 Å². The molecule has 0 atom stereocenters. The van der Waals surface area contributed by atoms with E-state index in [4.69, 9.17) is 9.47 Å². The first-order valence-electron chi connectivity index (χ1n) is 13.5. The fourth-order valence-corrected chi connectivity index (χ4v) is 5.33. The maximum Gasteiger partial charge on any atom is 2.00 e. The minimum atomic E-state index is -0.289. The molecule has 13 heteroatoms. The minimum absolute atomic E-state index is 0. The van der Waals surface area contributed by atoms with Crippen molar-refractivity contribution in [2.75, 3.05) is 14.2 Å². The molecule has 0 aliphatic rings. The molecule has 4 aromatic carbocycles. The van der Waals surface area contributed by atoms with E-state index < -0.39 is 0 Å². The van der Waals surface area contributed by atoms with Crippen molar-refractivity contribution in [2.45, 2.75) is 0 Å². The molecule has 0 N–H and O–H groups in total. The van der Waals surface area contributed by atoms with Gasteiger partial charge in [-0.3, -0.25) is 0 Å². The number of methoxy groups -OCH3 is 2. The molecule has 0 amide bonds. The fourth-order valence-electron chi connectivity index (χ4n) is 3.99. The number of hydrogen-bond acceptors (Lipinski definition) is 10. The first-order chi connectivity index (χ1) is 22.3. The van der Waals surface area contributed by atoms with Crippen LogP contribution in [0.25, 0.3) is 22.5 Å². The predicted octanol–water partition coefficient (Wildman–Crippen LogP) is 7.56. The molecule has 0 fully saturated rings. The zero-order valence-electron chi connectivity index (χ0n) is 24.7. The number of halogens is 2. The van der Waals surface area contributed by atoms with Crippen molar-refractivity contribution >= 4 is 45.4 Å². The van der Waals surface area contributed by atoms with Gasteiger partial charge in [-0.2, -0.15) is 0 Å². The maximum absolute atomic E-state index is 12.9. The summed E-state index contributed by atoms with van der Waals surface area (Å²) in [5, 5.41) is 28.7. The van der Waals surface area contributed by atoms with Crippen LogP contribution < -0.4 is 19.7 Å². The SMILES string of the molecule is COc1cccc(/C=N/c2nc(-c3ccc(F)cc3)cs2)c1[O-].COc1cccc(/C=N/c2nc(-c3ccc(F)cc3)cs2)c1[O-].[Co+2]. The van der Waals surface area contributed by atoms with Gasteiger partial charge in [-0.05, 0) is 71.8 Å². The number of nitrogens with zero attached hydrogens (tertiary/aromatic N) is 4. The summed E-state index contributed by atoms with van der Waals surface area (Å²) in [6.45, 7) is 0. The molecule has 0 spiro atoms. The molecular formula is C34H24CoF2N4O4S2. The number of aliphatic imine (C=N–C) groups is 2. The second kappa shape index (κ2) is 16.6. The molecular weight excluding hydrogens is 689 g/mol. The van der Waals surface area contributed by atoms with E-state index in [-0.39, 0.29) is 51.4 Å². The Morgan fingerprint density at radius 2 is 1.00 bits per heavy atom. The summed E-state index contributed by atoms with van der Waals surface area (Å²) in [4.78, 5) is 17.2. The van der Waals surface area contributed by atoms with Gasteiger partial charge in [0.15, 0.2) is 0 Å². The predicted molar refractivity (Wildman–Crippen MR) is 174 cm³/mol. The van der Waals surface area contributed by atoms with Crippen molar-refractivity contribution in [3.63, 3.8) is 0 Å². The van der Waals surface area contributed by atoms with E-state index in [0.717, 1.165) is 22.5 Å². The van der Waals surface area contributed by atoms with Crippen LogP contribution in [0.2, 0.25) is 0 Å². The van der Waals surface area contributed by atoms with Gasteiger partial charge in [0.05, 0.1) is 25.6 Å². The third-order valence-corrected chi connectivity index (χ3v) is 7.85. The molecule has 0 aliphatic heterocycles. The van der Waals surface area contributed by atoms with E-state index >= 15 is 0 Å². The Bertz CT molecular complexity index is 1840. The summed E-state index contributed by atoms with van der Waals surface area (Å²) in [5.41, 5.74) is 3.93. The normalized spacial score (nSPS) is 10.8. The quantitative estimate of drug-likeness (QED) is 0.151. The largest absolute Gasteiger partial charge is 2.00 e. The van der Waals surface area contributed by atoms with E-state index in [1.54, 1.807) is 60.7 Å². The number of benzene rings is 4. The van der Waals surface area contributed by atoms with Gasteiger partial charge >= 0.3 is 16.8 Å². The Labute approximate surface area is 287 Å². The van der Waals surface area contributed by atoms with Crippen LogP contribution in [0.5, 0.6) is 23.0 Å². The third kappa shape index (κ3) is 9.07. The molecule has 47 heavy (non-hydrogen) atoms. The first-order valence-corrected chi connectivity index (χ1v) is 15.3. The summed E-state index contributed by atoms with van der Waals surface area (Å²) in [7, 11) is 2.90. The van der Waals surface area contributed by atoms with Crippen LogP contribution in [0.4, 0.5) is 19.0 Å². The molecule has 2 aromatic heterocycles. The second-order valence-corrected chi connectivity index (χ2v) is 11.0. The summed E-state index contributed by atoms with van der Waals surface area (Å²) >= 11 is 2.70. The second-order valence-electron chi connectivity index (χ2n) is 9.32. The molecule has 0 unspecified atom stereocenters. The molecule has 6 aromatic rings. The molecule has 2 heterocycles. The van der Waals surface area contributed by atoms with Gasteiger partial charge in [0.1, 0.15) is 23.1 Å². The standard InChI is InChI=1S/2C17H13FN2O2S.Co/c2*1-22-15-4-2-3-12(16(15)21)9-19-17-20-14(10-23-17)11-5-7-13(18)8-6-11;/h2*2-10,21H,1H3;/q;;+2/p-2/b2*19-9+;. The summed E-state index contributed by atoms with van der Waals surface area (Å²) in [6, 6.07) is 22.2. The van der Waals surface area contributed by atoms with Crippen LogP contribution in [-0.4, -0.2) is 36.6 Å². The Kier molecular flexibility index (Phi) is 12.3. The van der Waals surface area contributed by atoms with Crippen molar-refractivity contribution in [1.29, 1.82) is 0 Å². The zero-order chi connectivity index (χ0) is 32.5.